The van der Waals surface area contributed by atoms with Crippen molar-refractivity contribution in [3.8, 4) is 0 Å². The molecule has 2 heterocycles. The van der Waals surface area contributed by atoms with E-state index in [4.69, 9.17) is 4.74 Å². The number of likely N-dealkylation sites (tertiary alicyclic amines) is 1. The van der Waals surface area contributed by atoms with E-state index in [0.717, 1.165) is 68.4 Å². The molecule has 0 saturated carbocycles. The van der Waals surface area contributed by atoms with Crippen molar-refractivity contribution in [2.45, 2.75) is 82.5 Å². The van der Waals surface area contributed by atoms with Crippen molar-refractivity contribution in [2.24, 2.45) is 5.92 Å². The van der Waals surface area contributed by atoms with Crippen molar-refractivity contribution in [1.82, 2.24) is 15.5 Å². The van der Waals surface area contributed by atoms with Crippen molar-refractivity contribution in [2.75, 3.05) is 38.6 Å². The first-order valence-electron chi connectivity index (χ1n) is 15.9. The minimum absolute atomic E-state index is 0.0844. The van der Waals surface area contributed by atoms with Crippen LogP contribution in [-0.4, -0.2) is 73.9 Å². The molecule has 1 aromatic heterocycles. The quantitative estimate of drug-likeness (QED) is 0.151. The van der Waals surface area contributed by atoms with E-state index < -0.39 is 30.6 Å². The molecule has 2 aliphatic carbocycles. The monoisotopic (exact) mass is 646 g/mol. The Morgan fingerprint density at radius 1 is 1.20 bits per heavy atom. The summed E-state index contributed by atoms with van der Waals surface area (Å²) in [6.07, 6.45) is 3.33. The lowest BCUT2D eigenvalue weighted by Crippen LogP contribution is -2.52. The number of carbonyl (C=O) groups excluding carboxylic acids is 1. The molecular formula is C34H45F3N4O3S. The average molecular weight is 647 g/mol. The number of fused-ring (bicyclic) bond motifs is 2. The highest BCUT2D eigenvalue weighted by Gasteiger charge is 2.51. The number of thiophene rings is 1. The maximum atomic E-state index is 13.4. The predicted molar refractivity (Wildman–Crippen MR) is 173 cm³/mol. The molecule has 11 heteroatoms. The first kappa shape index (κ1) is 33.7. The molecule has 246 valence electrons. The number of alkyl halides is 3. The molecule has 1 aromatic carbocycles. The SMILES string of the molecule is COC(NCC(F)(F)F)C1(CCCCN2CCC(NC(=O)c3sccc3NC(C)O)CC2)C2=C(c3ccccc31)C(C)CC=C2. The molecule has 0 spiro atoms. The zero-order valence-electron chi connectivity index (χ0n) is 26.3. The molecule has 1 aliphatic heterocycles. The lowest BCUT2D eigenvalue weighted by molar-refractivity contribution is -0.135. The van der Waals surface area contributed by atoms with E-state index in [9.17, 15) is 23.1 Å². The second kappa shape index (κ2) is 14.4. The fourth-order valence-corrected chi connectivity index (χ4v) is 8.14. The van der Waals surface area contributed by atoms with Crippen LogP contribution in [-0.2, 0) is 10.2 Å². The van der Waals surface area contributed by atoms with Crippen LogP contribution in [0, 0.1) is 5.92 Å². The summed E-state index contributed by atoms with van der Waals surface area (Å²) in [5.41, 5.74) is 4.39. The molecule has 4 atom stereocenters. The third-order valence-electron chi connectivity index (χ3n) is 9.36. The highest BCUT2D eigenvalue weighted by atomic mass is 32.1. The first-order valence-corrected chi connectivity index (χ1v) is 16.8. The van der Waals surface area contributed by atoms with Crippen molar-refractivity contribution < 1.29 is 27.8 Å². The van der Waals surface area contributed by atoms with Crippen LogP contribution in [0.15, 0.2) is 53.4 Å². The largest absolute Gasteiger partial charge is 0.401 e. The second-order valence-electron chi connectivity index (χ2n) is 12.5. The summed E-state index contributed by atoms with van der Waals surface area (Å²) in [6.45, 7) is 5.31. The van der Waals surface area contributed by atoms with Crippen LogP contribution in [0.5, 0.6) is 0 Å². The number of amides is 1. The van der Waals surface area contributed by atoms with Crippen molar-refractivity contribution in [1.29, 1.82) is 0 Å². The van der Waals surface area contributed by atoms with Gasteiger partial charge in [-0.05, 0) is 85.2 Å². The van der Waals surface area contributed by atoms with Gasteiger partial charge in [-0.25, -0.2) is 0 Å². The summed E-state index contributed by atoms with van der Waals surface area (Å²) in [5, 5.41) is 20.3. The lowest BCUT2D eigenvalue weighted by atomic mass is 9.70. The summed E-state index contributed by atoms with van der Waals surface area (Å²) in [4.78, 5) is 15.9. The summed E-state index contributed by atoms with van der Waals surface area (Å²) < 4.78 is 46.1. The number of halogens is 3. The van der Waals surface area contributed by atoms with Gasteiger partial charge in [-0.3, -0.25) is 10.1 Å². The standard InChI is InChI=1S/C34H45F3N4O3S/c1-22-9-8-12-27-29(22)25-10-4-5-11-26(25)33(27,32(44-3)38-21-34(35,36)37)16-6-7-17-41-18-13-24(14-19-41)40-31(43)30-28(15-20-45-30)39-23(2)42/h4-5,8,10-12,15,20,22-24,32,38-39,42H,6-7,9,13-14,16-19,21H2,1-3H3,(H,40,43). The highest BCUT2D eigenvalue weighted by molar-refractivity contribution is 7.12. The summed E-state index contributed by atoms with van der Waals surface area (Å²) in [5.74, 6) is 0.149. The fourth-order valence-electron chi connectivity index (χ4n) is 7.38. The molecular weight excluding hydrogens is 601 g/mol. The topological polar surface area (TPSA) is 85.9 Å². The molecule has 3 aliphatic rings. The van der Waals surface area contributed by atoms with Gasteiger partial charge in [0.05, 0.1) is 17.6 Å². The average Bonchev–Trinajstić information content (AvgIpc) is 3.57. The molecule has 0 radical (unpaired) electrons. The van der Waals surface area contributed by atoms with Crippen molar-refractivity contribution in [3.05, 3.63) is 69.4 Å². The number of rotatable bonds is 13. The summed E-state index contributed by atoms with van der Waals surface area (Å²) >= 11 is 1.35. The van der Waals surface area contributed by atoms with Gasteiger partial charge in [0.25, 0.3) is 5.91 Å². The number of ether oxygens (including phenoxy) is 1. The normalized spacial score (nSPS) is 23.5. The second-order valence-corrected chi connectivity index (χ2v) is 13.4. The molecule has 0 bridgehead atoms. The van der Waals surface area contributed by atoms with Gasteiger partial charge in [-0.1, -0.05) is 49.8 Å². The molecule has 45 heavy (non-hydrogen) atoms. The molecule has 5 rings (SSSR count). The number of hydrogen-bond acceptors (Lipinski definition) is 7. The van der Waals surface area contributed by atoms with Gasteiger partial charge >= 0.3 is 6.18 Å². The van der Waals surface area contributed by atoms with Crippen LogP contribution in [0.1, 0.15) is 73.2 Å². The van der Waals surface area contributed by atoms with E-state index in [1.807, 2.05) is 17.5 Å². The van der Waals surface area contributed by atoms with Crippen LogP contribution < -0.4 is 16.0 Å². The Labute approximate surface area is 267 Å². The van der Waals surface area contributed by atoms with Gasteiger partial charge < -0.3 is 25.4 Å². The number of aliphatic hydroxyl groups is 1. The highest BCUT2D eigenvalue weighted by Crippen LogP contribution is 2.55. The molecule has 4 N–H and O–H groups in total. The van der Waals surface area contributed by atoms with Gasteiger partial charge in [-0.2, -0.15) is 13.2 Å². The van der Waals surface area contributed by atoms with E-state index in [-0.39, 0.29) is 17.9 Å². The molecule has 1 saturated heterocycles. The Balaban J connectivity index is 1.22. The van der Waals surface area contributed by atoms with Crippen molar-refractivity contribution in [3.63, 3.8) is 0 Å². The Bertz CT molecular complexity index is 1380. The van der Waals surface area contributed by atoms with Crippen LogP contribution in [0.3, 0.4) is 0 Å². The Kier molecular flexibility index (Phi) is 10.8. The number of hydrogen-bond donors (Lipinski definition) is 4. The van der Waals surface area contributed by atoms with Gasteiger partial charge in [0.1, 0.15) is 17.3 Å². The summed E-state index contributed by atoms with van der Waals surface area (Å²) in [6, 6.07) is 10.0. The minimum atomic E-state index is -4.35. The first-order chi connectivity index (χ1) is 21.5. The molecule has 1 fully saturated rings. The number of nitrogens with one attached hydrogen (secondary N) is 3. The molecule has 4 unspecified atom stereocenters. The van der Waals surface area contributed by atoms with Crippen molar-refractivity contribution >= 4 is 28.5 Å². The zero-order valence-corrected chi connectivity index (χ0v) is 27.1. The maximum absolute atomic E-state index is 13.4. The number of benzene rings is 1. The number of aliphatic hydroxyl groups excluding tert-OH is 1. The van der Waals surface area contributed by atoms with E-state index in [2.05, 4.69) is 52.1 Å². The molecule has 1 amide bonds. The summed E-state index contributed by atoms with van der Waals surface area (Å²) in [7, 11) is 1.50. The van der Waals surface area contributed by atoms with Crippen LogP contribution in [0.4, 0.5) is 18.9 Å². The number of anilines is 1. The number of unbranched alkanes of at least 4 members (excludes halogenated alkanes) is 1. The third kappa shape index (κ3) is 7.49. The van der Waals surface area contributed by atoms with Crippen LogP contribution in [0.25, 0.3) is 5.57 Å². The molecule has 7 nitrogen and oxygen atoms in total. The Morgan fingerprint density at radius 2 is 1.96 bits per heavy atom. The number of methoxy groups -OCH3 is 1. The van der Waals surface area contributed by atoms with Crippen LogP contribution >= 0.6 is 11.3 Å². The number of allylic oxidation sites excluding steroid dienone is 3. The fraction of sp³-hybridized carbons (Fsp3) is 0.559. The van der Waals surface area contributed by atoms with Gasteiger partial charge in [-0.15, -0.1) is 11.3 Å². The van der Waals surface area contributed by atoms with Gasteiger partial charge in [0.2, 0.25) is 0 Å². The minimum Gasteiger partial charge on any atom is -0.374 e. The van der Waals surface area contributed by atoms with E-state index >= 15 is 0 Å². The smallest absolute Gasteiger partial charge is 0.374 e. The Morgan fingerprint density at radius 3 is 2.67 bits per heavy atom. The van der Waals surface area contributed by atoms with Gasteiger partial charge in [0.15, 0.2) is 0 Å². The van der Waals surface area contributed by atoms with Crippen LogP contribution in [0.2, 0.25) is 0 Å². The Hall–Kier alpha value is -2.70. The van der Waals surface area contributed by atoms with E-state index in [0.29, 0.717) is 17.0 Å². The predicted octanol–water partition coefficient (Wildman–Crippen LogP) is 6.29. The number of piperidine rings is 1. The number of nitrogens with zero attached hydrogens (tertiary/aromatic N) is 1. The number of carbonyl (C=O) groups is 1. The van der Waals surface area contributed by atoms with E-state index in [1.54, 1.807) is 13.0 Å². The lowest BCUT2D eigenvalue weighted by Gasteiger charge is -2.41. The maximum Gasteiger partial charge on any atom is 0.401 e. The van der Waals surface area contributed by atoms with E-state index in [1.165, 1.54) is 24.0 Å². The van der Waals surface area contributed by atoms with Gasteiger partial charge in [0, 0.05) is 26.2 Å². The zero-order chi connectivity index (χ0) is 32.2. The third-order valence-corrected chi connectivity index (χ3v) is 10.3. The molecule has 2 aromatic rings.